The van der Waals surface area contributed by atoms with Gasteiger partial charge in [-0.25, -0.2) is 4.39 Å². The van der Waals surface area contributed by atoms with Crippen molar-refractivity contribution in [3.05, 3.63) is 29.6 Å². The molecule has 0 saturated carbocycles. The first kappa shape index (κ1) is 10.7. The third-order valence-corrected chi connectivity index (χ3v) is 1.81. The third-order valence-electron chi connectivity index (χ3n) is 1.81. The number of Topliss-reactive ketones (excluding diaryl/α,β-unsaturated/α-hetero) is 1. The Bertz CT molecular complexity index is 347. The zero-order chi connectivity index (χ0) is 10.7. The fraction of sp³-hybridized carbons (Fsp3) is 0.300. The van der Waals surface area contributed by atoms with Crippen molar-refractivity contribution in [2.45, 2.75) is 13.0 Å². The fourth-order valence-corrected chi connectivity index (χ4v) is 1.10. The molecule has 0 aliphatic heterocycles. The molecule has 0 bridgehead atoms. The van der Waals surface area contributed by atoms with Gasteiger partial charge in [-0.05, 0) is 25.1 Å². The molecule has 0 radical (unpaired) electrons. The first-order chi connectivity index (χ1) is 6.56. The van der Waals surface area contributed by atoms with Crippen molar-refractivity contribution < 1.29 is 19.0 Å². The van der Waals surface area contributed by atoms with Gasteiger partial charge in [0.05, 0.1) is 12.7 Å². The summed E-state index contributed by atoms with van der Waals surface area (Å²) in [4.78, 5) is 11.4. The molecule has 0 saturated heterocycles. The molecule has 14 heavy (non-hydrogen) atoms. The highest BCUT2D eigenvalue weighted by Gasteiger charge is 2.17. The Hall–Kier alpha value is -1.42. The van der Waals surface area contributed by atoms with Gasteiger partial charge < -0.3 is 9.84 Å². The summed E-state index contributed by atoms with van der Waals surface area (Å²) in [6.45, 7) is 1.33. The average molecular weight is 198 g/mol. The van der Waals surface area contributed by atoms with Gasteiger partial charge in [0.15, 0.2) is 5.78 Å². The Morgan fingerprint density at radius 2 is 2.21 bits per heavy atom. The zero-order valence-electron chi connectivity index (χ0n) is 7.95. The maximum atomic E-state index is 12.8. The molecule has 4 heteroatoms. The number of aliphatic hydroxyl groups excluding tert-OH is 1. The minimum Gasteiger partial charge on any atom is -0.496 e. The monoisotopic (exact) mass is 198 g/mol. The van der Waals surface area contributed by atoms with E-state index in [9.17, 15) is 9.18 Å². The number of carbonyl (C=O) groups is 1. The van der Waals surface area contributed by atoms with E-state index in [1.165, 1.54) is 26.2 Å². The lowest BCUT2D eigenvalue weighted by Gasteiger charge is -2.08. The standard InChI is InChI=1S/C10H11FO3/c1-6(12)10(13)8-5-7(11)3-4-9(8)14-2/h3-6,12H,1-2H3. The lowest BCUT2D eigenvalue weighted by atomic mass is 10.1. The molecule has 1 aromatic carbocycles. The summed E-state index contributed by atoms with van der Waals surface area (Å²) < 4.78 is 17.7. The van der Waals surface area contributed by atoms with E-state index in [-0.39, 0.29) is 11.3 Å². The molecule has 0 spiro atoms. The molecule has 0 heterocycles. The van der Waals surface area contributed by atoms with E-state index >= 15 is 0 Å². The summed E-state index contributed by atoms with van der Waals surface area (Å²) in [5.74, 6) is -0.826. The highest BCUT2D eigenvalue weighted by Crippen LogP contribution is 2.20. The number of hydrogen-bond donors (Lipinski definition) is 1. The molecule has 1 N–H and O–H groups in total. The van der Waals surface area contributed by atoms with Crippen molar-refractivity contribution in [3.63, 3.8) is 0 Å². The van der Waals surface area contributed by atoms with Gasteiger partial charge in [0, 0.05) is 0 Å². The van der Waals surface area contributed by atoms with Gasteiger partial charge >= 0.3 is 0 Å². The average Bonchev–Trinajstić information content (AvgIpc) is 2.16. The van der Waals surface area contributed by atoms with Crippen molar-refractivity contribution in [3.8, 4) is 5.75 Å². The molecule has 0 aliphatic carbocycles. The fourth-order valence-electron chi connectivity index (χ4n) is 1.10. The van der Waals surface area contributed by atoms with E-state index in [0.717, 1.165) is 6.07 Å². The highest BCUT2D eigenvalue weighted by atomic mass is 19.1. The smallest absolute Gasteiger partial charge is 0.194 e. The molecule has 76 valence electrons. The van der Waals surface area contributed by atoms with Crippen molar-refractivity contribution in [2.24, 2.45) is 0 Å². The predicted octanol–water partition coefficient (Wildman–Crippen LogP) is 1.40. The molecule has 0 aromatic heterocycles. The SMILES string of the molecule is COc1ccc(F)cc1C(=O)C(C)O. The second kappa shape index (κ2) is 4.19. The molecule has 1 atom stereocenters. The number of methoxy groups -OCH3 is 1. The summed E-state index contributed by atoms with van der Waals surface area (Å²) in [5, 5.41) is 9.06. The summed E-state index contributed by atoms with van der Waals surface area (Å²) in [7, 11) is 1.38. The molecule has 1 rings (SSSR count). The Morgan fingerprint density at radius 1 is 1.57 bits per heavy atom. The van der Waals surface area contributed by atoms with Gasteiger partial charge in [-0.3, -0.25) is 4.79 Å². The van der Waals surface area contributed by atoms with Gasteiger partial charge in [-0.2, -0.15) is 0 Å². The van der Waals surface area contributed by atoms with Gasteiger partial charge in [0.25, 0.3) is 0 Å². The van der Waals surface area contributed by atoms with Gasteiger partial charge in [-0.15, -0.1) is 0 Å². The van der Waals surface area contributed by atoms with E-state index in [2.05, 4.69) is 0 Å². The van der Waals surface area contributed by atoms with Crippen molar-refractivity contribution in [1.29, 1.82) is 0 Å². The summed E-state index contributed by atoms with van der Waals surface area (Å²) >= 11 is 0. The largest absolute Gasteiger partial charge is 0.496 e. The molecule has 3 nitrogen and oxygen atoms in total. The van der Waals surface area contributed by atoms with E-state index < -0.39 is 17.7 Å². The minimum atomic E-state index is -1.16. The minimum absolute atomic E-state index is 0.0579. The molecule has 1 aromatic rings. The molecule has 0 amide bonds. The maximum absolute atomic E-state index is 12.8. The topological polar surface area (TPSA) is 46.5 Å². The quantitative estimate of drug-likeness (QED) is 0.747. The number of halogens is 1. The predicted molar refractivity (Wildman–Crippen MR) is 49.0 cm³/mol. The molecular formula is C10H11FO3. The Labute approximate surface area is 81.1 Å². The van der Waals surface area contributed by atoms with Crippen LogP contribution in [0.3, 0.4) is 0 Å². The summed E-state index contributed by atoms with van der Waals surface area (Å²) in [5.41, 5.74) is 0.0579. The molecular weight excluding hydrogens is 187 g/mol. The van der Waals surface area contributed by atoms with Crippen LogP contribution in [0.1, 0.15) is 17.3 Å². The second-order valence-corrected chi connectivity index (χ2v) is 2.88. The Kier molecular flexibility index (Phi) is 3.19. The first-order valence-electron chi connectivity index (χ1n) is 4.12. The van der Waals surface area contributed by atoms with Gasteiger partial charge in [-0.1, -0.05) is 0 Å². The van der Waals surface area contributed by atoms with Crippen LogP contribution in [0, 0.1) is 5.82 Å². The van der Waals surface area contributed by atoms with E-state index in [1.807, 2.05) is 0 Å². The van der Waals surface area contributed by atoms with E-state index in [4.69, 9.17) is 9.84 Å². The summed E-state index contributed by atoms with van der Waals surface area (Å²) in [6.07, 6.45) is -1.16. The summed E-state index contributed by atoms with van der Waals surface area (Å²) in [6, 6.07) is 3.59. The number of aliphatic hydroxyl groups is 1. The molecule has 0 aliphatic rings. The van der Waals surface area contributed by atoms with Gasteiger partial charge in [0.1, 0.15) is 17.7 Å². The van der Waals surface area contributed by atoms with Crippen LogP contribution in [0.2, 0.25) is 0 Å². The van der Waals surface area contributed by atoms with Crippen LogP contribution in [-0.4, -0.2) is 24.1 Å². The van der Waals surface area contributed by atoms with E-state index in [0.29, 0.717) is 0 Å². The number of benzene rings is 1. The van der Waals surface area contributed by atoms with Crippen LogP contribution < -0.4 is 4.74 Å². The van der Waals surface area contributed by atoms with E-state index in [1.54, 1.807) is 0 Å². The Balaban J connectivity index is 3.17. The van der Waals surface area contributed by atoms with Crippen molar-refractivity contribution in [2.75, 3.05) is 7.11 Å². The number of ether oxygens (including phenoxy) is 1. The Morgan fingerprint density at radius 3 is 2.71 bits per heavy atom. The maximum Gasteiger partial charge on any atom is 0.194 e. The molecule has 1 unspecified atom stereocenters. The molecule has 0 fully saturated rings. The van der Waals surface area contributed by atoms with Crippen LogP contribution in [-0.2, 0) is 0 Å². The number of carbonyl (C=O) groups excluding carboxylic acids is 1. The normalized spacial score (nSPS) is 12.3. The lowest BCUT2D eigenvalue weighted by Crippen LogP contribution is -2.17. The third kappa shape index (κ3) is 2.09. The first-order valence-corrected chi connectivity index (χ1v) is 4.12. The van der Waals surface area contributed by atoms with Crippen LogP contribution in [0.5, 0.6) is 5.75 Å². The second-order valence-electron chi connectivity index (χ2n) is 2.88. The van der Waals surface area contributed by atoms with Crippen LogP contribution in [0.4, 0.5) is 4.39 Å². The highest BCUT2D eigenvalue weighted by molar-refractivity contribution is 6.01. The van der Waals surface area contributed by atoms with Crippen LogP contribution in [0.15, 0.2) is 18.2 Å². The van der Waals surface area contributed by atoms with Gasteiger partial charge in [0.2, 0.25) is 0 Å². The van der Waals surface area contributed by atoms with Crippen LogP contribution >= 0.6 is 0 Å². The lowest BCUT2D eigenvalue weighted by molar-refractivity contribution is 0.0776. The number of hydrogen-bond acceptors (Lipinski definition) is 3. The number of rotatable bonds is 3. The van der Waals surface area contributed by atoms with Crippen molar-refractivity contribution in [1.82, 2.24) is 0 Å². The zero-order valence-corrected chi connectivity index (χ0v) is 7.95. The van der Waals surface area contributed by atoms with Crippen molar-refractivity contribution >= 4 is 5.78 Å². The number of ketones is 1. The van der Waals surface area contributed by atoms with Crippen LogP contribution in [0.25, 0.3) is 0 Å².